The lowest BCUT2D eigenvalue weighted by atomic mass is 9.60. The summed E-state index contributed by atoms with van der Waals surface area (Å²) in [7, 11) is 0. The van der Waals surface area contributed by atoms with Gasteiger partial charge in [0.1, 0.15) is 23.6 Å². The normalized spacial score (nSPS) is 20.2. The molecule has 0 atom stereocenters. The highest BCUT2D eigenvalue weighted by molar-refractivity contribution is 6.37. The Kier molecular flexibility index (Phi) is 4.56. The fourth-order valence-electron chi connectivity index (χ4n) is 3.73. The third-order valence-electron chi connectivity index (χ3n) is 5.20. The largest absolute Gasteiger partial charge is 0.410 e. The number of rotatable bonds is 4. The monoisotopic (exact) mass is 346 g/mol. The van der Waals surface area contributed by atoms with E-state index in [9.17, 15) is 9.59 Å². The van der Waals surface area contributed by atoms with Crippen LogP contribution in [0.5, 0.6) is 0 Å². The summed E-state index contributed by atoms with van der Waals surface area (Å²) in [4.78, 5) is 32.9. The number of nitrogens with one attached hydrogen (secondary N) is 1. The molecule has 2 fully saturated rings. The Bertz CT molecular complexity index is 704. The second-order valence-electron chi connectivity index (χ2n) is 6.88. The van der Waals surface area contributed by atoms with E-state index in [0.29, 0.717) is 24.9 Å². The predicted octanol–water partition coefficient (Wildman–Crippen LogP) is 0.609. The second-order valence-corrected chi connectivity index (χ2v) is 6.88. The summed E-state index contributed by atoms with van der Waals surface area (Å²) in [6.45, 7) is 2.87. The van der Waals surface area contributed by atoms with Gasteiger partial charge in [-0.3, -0.25) is 9.59 Å². The van der Waals surface area contributed by atoms with Crippen molar-refractivity contribution in [3.63, 3.8) is 0 Å². The van der Waals surface area contributed by atoms with Gasteiger partial charge in [0.2, 0.25) is 0 Å². The van der Waals surface area contributed by atoms with Crippen molar-refractivity contribution in [3.05, 3.63) is 18.1 Å². The zero-order valence-electron chi connectivity index (χ0n) is 14.1. The van der Waals surface area contributed by atoms with Gasteiger partial charge in [-0.05, 0) is 38.0 Å². The average molecular weight is 346 g/mol. The first-order chi connectivity index (χ1) is 11.9. The first kappa shape index (κ1) is 17.1. The molecule has 2 heterocycles. The van der Waals surface area contributed by atoms with Crippen molar-refractivity contribution in [1.29, 1.82) is 0 Å². The van der Waals surface area contributed by atoms with Crippen LogP contribution in [0.1, 0.15) is 43.1 Å². The van der Waals surface area contributed by atoms with Crippen molar-refractivity contribution < 1.29 is 14.8 Å². The van der Waals surface area contributed by atoms with Gasteiger partial charge in [-0.25, -0.2) is 9.97 Å². The third-order valence-corrected chi connectivity index (χ3v) is 5.20. The second kappa shape index (κ2) is 6.66. The van der Waals surface area contributed by atoms with Crippen LogP contribution in [0.3, 0.4) is 0 Å². The van der Waals surface area contributed by atoms with Crippen LogP contribution in [0.2, 0.25) is 0 Å². The number of carbonyl (C=O) groups is 2. The lowest BCUT2D eigenvalue weighted by Crippen LogP contribution is -2.53. The van der Waals surface area contributed by atoms with Gasteiger partial charge in [0.05, 0.1) is 0 Å². The number of piperidine rings is 1. The molecule has 2 aliphatic rings. The maximum atomic E-state index is 12.0. The number of carbonyl (C=O) groups excluding carboxylic acids is 2. The molecule has 134 valence electrons. The molecule has 1 saturated heterocycles. The molecule has 0 aromatic carbocycles. The molecular formula is C16H22N6O3. The maximum absolute atomic E-state index is 12.0. The van der Waals surface area contributed by atoms with Crippen molar-refractivity contribution in [2.75, 3.05) is 18.4 Å². The molecule has 0 radical (unpaired) electrons. The van der Waals surface area contributed by atoms with Gasteiger partial charge in [0.15, 0.2) is 0 Å². The highest BCUT2D eigenvalue weighted by Crippen LogP contribution is 2.49. The molecule has 3 rings (SSSR count). The molecule has 1 spiro atoms. The Morgan fingerprint density at radius 3 is 2.64 bits per heavy atom. The van der Waals surface area contributed by atoms with E-state index >= 15 is 0 Å². The molecule has 9 heteroatoms. The molecule has 0 bridgehead atoms. The van der Waals surface area contributed by atoms with Crippen LogP contribution in [0.4, 0.5) is 5.82 Å². The van der Waals surface area contributed by atoms with Crippen LogP contribution in [0.25, 0.3) is 0 Å². The van der Waals surface area contributed by atoms with Gasteiger partial charge in [-0.1, -0.05) is 5.16 Å². The number of likely N-dealkylation sites (tertiary alicyclic amines) is 1. The van der Waals surface area contributed by atoms with Crippen molar-refractivity contribution in [2.24, 2.45) is 16.3 Å². The minimum absolute atomic E-state index is 0.123. The molecule has 25 heavy (non-hydrogen) atoms. The first-order valence-corrected chi connectivity index (χ1v) is 8.29. The zero-order chi connectivity index (χ0) is 18.0. The maximum Gasteiger partial charge on any atom is 0.271 e. The van der Waals surface area contributed by atoms with E-state index in [4.69, 9.17) is 10.9 Å². The van der Waals surface area contributed by atoms with Gasteiger partial charge in [-0.15, -0.1) is 0 Å². The molecular weight excluding hydrogens is 324 g/mol. The number of nitrogens with zero attached hydrogens (tertiary/aromatic N) is 4. The Hall–Kier alpha value is -2.71. The SMILES string of the molecule is CC(=NO)C(=O)N1CCC2(CC1)CC(Nc1cc(C(N)=O)ncn1)C2. The first-order valence-electron chi connectivity index (χ1n) is 8.29. The van der Waals surface area contributed by atoms with Gasteiger partial charge < -0.3 is 21.2 Å². The Morgan fingerprint density at radius 1 is 1.36 bits per heavy atom. The van der Waals surface area contributed by atoms with Gasteiger partial charge in [-0.2, -0.15) is 0 Å². The number of anilines is 1. The summed E-state index contributed by atoms with van der Waals surface area (Å²) in [5, 5.41) is 15.0. The van der Waals surface area contributed by atoms with E-state index in [1.165, 1.54) is 13.3 Å². The fourth-order valence-corrected chi connectivity index (χ4v) is 3.73. The number of primary amides is 1. The Labute approximate surface area is 145 Å². The van der Waals surface area contributed by atoms with Gasteiger partial charge in [0, 0.05) is 25.2 Å². The van der Waals surface area contributed by atoms with E-state index in [0.717, 1.165) is 25.7 Å². The van der Waals surface area contributed by atoms with Crippen molar-refractivity contribution in [1.82, 2.24) is 14.9 Å². The zero-order valence-corrected chi connectivity index (χ0v) is 14.1. The lowest BCUT2D eigenvalue weighted by Gasteiger charge is -2.52. The number of amides is 2. The Morgan fingerprint density at radius 2 is 2.04 bits per heavy atom. The predicted molar refractivity (Wildman–Crippen MR) is 90.3 cm³/mol. The molecule has 2 amide bonds. The molecule has 1 aliphatic heterocycles. The van der Waals surface area contributed by atoms with E-state index in [2.05, 4.69) is 20.4 Å². The highest BCUT2D eigenvalue weighted by atomic mass is 16.4. The fraction of sp³-hybridized carbons (Fsp3) is 0.562. The number of hydrogen-bond donors (Lipinski definition) is 3. The van der Waals surface area contributed by atoms with E-state index in [-0.39, 0.29) is 22.7 Å². The number of hydrogen-bond acceptors (Lipinski definition) is 7. The average Bonchev–Trinajstić information content (AvgIpc) is 2.60. The van der Waals surface area contributed by atoms with Crippen LogP contribution < -0.4 is 11.1 Å². The van der Waals surface area contributed by atoms with Crippen molar-refractivity contribution in [2.45, 2.75) is 38.6 Å². The van der Waals surface area contributed by atoms with Crippen LogP contribution in [0, 0.1) is 5.41 Å². The van der Waals surface area contributed by atoms with Gasteiger partial charge >= 0.3 is 0 Å². The van der Waals surface area contributed by atoms with Crippen LogP contribution in [-0.2, 0) is 4.79 Å². The molecule has 4 N–H and O–H groups in total. The molecule has 1 aliphatic carbocycles. The Balaban J connectivity index is 1.51. The van der Waals surface area contributed by atoms with Crippen molar-refractivity contribution in [3.8, 4) is 0 Å². The minimum Gasteiger partial charge on any atom is -0.410 e. The summed E-state index contributed by atoms with van der Waals surface area (Å²) < 4.78 is 0. The quantitative estimate of drug-likeness (QED) is 0.415. The van der Waals surface area contributed by atoms with Gasteiger partial charge in [0.25, 0.3) is 11.8 Å². The number of oxime groups is 1. The molecule has 1 saturated carbocycles. The van der Waals surface area contributed by atoms with Crippen LogP contribution >= 0.6 is 0 Å². The summed E-state index contributed by atoms with van der Waals surface area (Å²) in [6, 6.07) is 1.85. The lowest BCUT2D eigenvalue weighted by molar-refractivity contribution is -0.127. The molecule has 1 aromatic heterocycles. The smallest absolute Gasteiger partial charge is 0.271 e. The summed E-state index contributed by atoms with van der Waals surface area (Å²) in [6.07, 6.45) is 5.19. The number of nitrogens with two attached hydrogens (primary N) is 1. The topological polar surface area (TPSA) is 134 Å². The van der Waals surface area contributed by atoms with E-state index in [1.807, 2.05) is 0 Å². The molecule has 9 nitrogen and oxygen atoms in total. The standard InChI is InChI=1S/C16H22N6O3/c1-10(21-25)15(24)22-4-2-16(3-5-22)7-11(8-16)20-13-6-12(14(17)23)18-9-19-13/h6,9,11,25H,2-5,7-8H2,1H3,(H2,17,23)(H,18,19,20). The molecule has 0 unspecified atom stereocenters. The summed E-state index contributed by atoms with van der Waals surface area (Å²) in [5.41, 5.74) is 5.79. The van der Waals surface area contributed by atoms with Crippen LogP contribution in [0.15, 0.2) is 17.5 Å². The summed E-state index contributed by atoms with van der Waals surface area (Å²) in [5.74, 6) is -0.174. The van der Waals surface area contributed by atoms with E-state index < -0.39 is 5.91 Å². The third kappa shape index (κ3) is 3.54. The number of aromatic nitrogens is 2. The van der Waals surface area contributed by atoms with Crippen molar-refractivity contribution >= 4 is 23.3 Å². The summed E-state index contributed by atoms with van der Waals surface area (Å²) >= 11 is 0. The highest BCUT2D eigenvalue weighted by Gasteiger charge is 2.46. The van der Waals surface area contributed by atoms with Crippen LogP contribution in [-0.4, -0.2) is 56.7 Å². The van der Waals surface area contributed by atoms with E-state index in [1.54, 1.807) is 11.0 Å². The molecule has 1 aromatic rings. The minimum atomic E-state index is -0.575.